The van der Waals surface area contributed by atoms with Gasteiger partial charge < -0.3 is 35.4 Å². The van der Waals surface area contributed by atoms with Crippen molar-refractivity contribution >= 4 is 42.8 Å². The Hall–Kier alpha value is -4.99. The van der Waals surface area contributed by atoms with Crippen molar-refractivity contribution in [3.63, 3.8) is 0 Å². The Balaban J connectivity index is 1.61. The Labute approximate surface area is 231 Å². The monoisotopic (exact) mass is 570 g/mol. The van der Waals surface area contributed by atoms with Crippen molar-refractivity contribution in [2.24, 2.45) is 0 Å². The van der Waals surface area contributed by atoms with Crippen molar-refractivity contribution in [2.45, 2.75) is 25.3 Å². The second-order valence-corrected chi connectivity index (χ2v) is 9.20. The second-order valence-electron chi connectivity index (χ2n) is 9.20. The lowest BCUT2D eigenvalue weighted by Crippen LogP contribution is -2.60. The van der Waals surface area contributed by atoms with E-state index in [0.29, 0.717) is 10.5 Å². The lowest BCUT2D eigenvalue weighted by Gasteiger charge is -2.33. The molecule has 0 aliphatic carbocycles. The number of hydrogen-bond acceptors (Lipinski definition) is 8. The summed E-state index contributed by atoms with van der Waals surface area (Å²) in [5.74, 6) is -8.37. The summed E-state index contributed by atoms with van der Waals surface area (Å²) >= 11 is 0. The number of para-hydroxylation sites is 1. The van der Waals surface area contributed by atoms with Gasteiger partial charge in [0.1, 0.15) is 17.6 Å². The van der Waals surface area contributed by atoms with E-state index in [1.54, 1.807) is 6.92 Å². The van der Waals surface area contributed by atoms with Crippen LogP contribution in [0.3, 0.4) is 0 Å². The van der Waals surface area contributed by atoms with Gasteiger partial charge >= 0.3 is 36.9 Å². The average Bonchev–Trinajstić information content (AvgIpc) is 2.92. The number of hydrogen-bond donors (Lipinski definition) is 5. The SMILES string of the molecule is CCN1CCN(C(=O)N[C@@H](C(=O)N[C@H]2Cc3cccc(C(=O)O)c3OB2O)c2ccc(C(=O)O)c(F)c2)C(=O)C1=O. The zero-order valence-electron chi connectivity index (χ0n) is 21.5. The molecule has 1 saturated heterocycles. The van der Waals surface area contributed by atoms with Gasteiger partial charge in [0.2, 0.25) is 5.91 Å². The molecule has 41 heavy (non-hydrogen) atoms. The number of carboxylic acid groups (broad SMARTS) is 2. The first-order valence-corrected chi connectivity index (χ1v) is 12.4. The fourth-order valence-corrected chi connectivity index (χ4v) is 4.54. The molecule has 0 radical (unpaired) electrons. The minimum atomic E-state index is -1.72. The van der Waals surface area contributed by atoms with E-state index in [1.165, 1.54) is 23.1 Å². The third kappa shape index (κ3) is 5.81. The Bertz CT molecular complexity index is 1450. The van der Waals surface area contributed by atoms with Crippen LogP contribution in [0.5, 0.6) is 5.75 Å². The predicted octanol–water partition coefficient (Wildman–Crippen LogP) is -0.197. The van der Waals surface area contributed by atoms with Gasteiger partial charge in [-0.3, -0.25) is 19.3 Å². The Morgan fingerprint density at radius 3 is 2.41 bits per heavy atom. The minimum Gasteiger partial charge on any atom is -0.534 e. The van der Waals surface area contributed by atoms with Crippen LogP contribution in [0.4, 0.5) is 9.18 Å². The largest absolute Gasteiger partial charge is 0.547 e. The normalized spacial score (nSPS) is 17.3. The summed E-state index contributed by atoms with van der Waals surface area (Å²) in [6.45, 7) is 1.77. The number of carbonyl (C=O) groups excluding carboxylic acids is 4. The van der Waals surface area contributed by atoms with E-state index in [0.717, 1.165) is 18.2 Å². The number of likely N-dealkylation sites (N-methyl/N-ethyl adjacent to an activating group) is 1. The smallest absolute Gasteiger partial charge is 0.534 e. The maximum atomic E-state index is 14.6. The van der Waals surface area contributed by atoms with Crippen LogP contribution in [-0.4, -0.2) is 93.4 Å². The summed E-state index contributed by atoms with van der Waals surface area (Å²) in [5.41, 5.74) is -0.745. The molecular formula is C25H24BFN4O10. The maximum absolute atomic E-state index is 14.6. The molecule has 2 heterocycles. The van der Waals surface area contributed by atoms with Crippen LogP contribution in [-0.2, 0) is 20.8 Å². The number of imide groups is 1. The molecule has 2 aromatic rings. The van der Waals surface area contributed by atoms with E-state index in [4.69, 9.17) is 9.76 Å². The van der Waals surface area contributed by atoms with Crippen molar-refractivity contribution in [1.29, 1.82) is 0 Å². The van der Waals surface area contributed by atoms with Gasteiger partial charge in [-0.15, -0.1) is 0 Å². The van der Waals surface area contributed by atoms with E-state index in [-0.39, 0.29) is 42.9 Å². The summed E-state index contributed by atoms with van der Waals surface area (Å²) in [4.78, 5) is 75.8. The van der Waals surface area contributed by atoms with Gasteiger partial charge in [0.05, 0.1) is 17.1 Å². The number of fused-ring (bicyclic) bond motifs is 1. The number of halogens is 1. The highest BCUT2D eigenvalue weighted by molar-refractivity contribution is 6.47. The Morgan fingerprint density at radius 2 is 1.78 bits per heavy atom. The highest BCUT2D eigenvalue weighted by Crippen LogP contribution is 2.30. The molecule has 14 nitrogen and oxygen atoms in total. The van der Waals surface area contributed by atoms with Crippen molar-refractivity contribution < 1.29 is 53.0 Å². The summed E-state index contributed by atoms with van der Waals surface area (Å²) in [6.07, 6.45) is -0.0810. The van der Waals surface area contributed by atoms with Crippen LogP contribution in [0.25, 0.3) is 0 Å². The van der Waals surface area contributed by atoms with Crippen molar-refractivity contribution in [1.82, 2.24) is 20.4 Å². The van der Waals surface area contributed by atoms with E-state index < -0.39 is 66.2 Å². The lowest BCUT2D eigenvalue weighted by molar-refractivity contribution is -0.153. The molecule has 0 unspecified atom stereocenters. The van der Waals surface area contributed by atoms with Crippen LogP contribution >= 0.6 is 0 Å². The quantitative estimate of drug-likeness (QED) is 0.219. The lowest BCUT2D eigenvalue weighted by atomic mass is 9.72. The van der Waals surface area contributed by atoms with Crippen LogP contribution in [0.2, 0.25) is 0 Å². The predicted molar refractivity (Wildman–Crippen MR) is 136 cm³/mol. The number of amides is 5. The van der Waals surface area contributed by atoms with Crippen LogP contribution in [0.15, 0.2) is 36.4 Å². The molecule has 2 atom stereocenters. The number of benzene rings is 2. The molecule has 0 bridgehead atoms. The van der Waals surface area contributed by atoms with Crippen LogP contribution < -0.4 is 15.3 Å². The van der Waals surface area contributed by atoms with E-state index >= 15 is 0 Å². The van der Waals surface area contributed by atoms with Gasteiger partial charge in [-0.25, -0.2) is 18.8 Å². The summed E-state index contributed by atoms with van der Waals surface area (Å²) in [7, 11) is -1.71. The molecule has 0 saturated carbocycles. The number of carboxylic acids is 2. The molecule has 0 aromatic heterocycles. The Kier molecular flexibility index (Phi) is 8.23. The zero-order chi connectivity index (χ0) is 30.0. The first kappa shape index (κ1) is 29.0. The maximum Gasteiger partial charge on any atom is 0.547 e. The minimum absolute atomic E-state index is 0.0522. The summed E-state index contributed by atoms with van der Waals surface area (Å²) < 4.78 is 19.9. The van der Waals surface area contributed by atoms with Crippen molar-refractivity contribution in [3.8, 4) is 5.75 Å². The van der Waals surface area contributed by atoms with Gasteiger partial charge in [0.25, 0.3) is 0 Å². The van der Waals surface area contributed by atoms with E-state index in [1.807, 2.05) is 0 Å². The van der Waals surface area contributed by atoms with Crippen LogP contribution in [0, 0.1) is 5.82 Å². The zero-order valence-corrected chi connectivity index (χ0v) is 21.5. The molecule has 16 heteroatoms. The van der Waals surface area contributed by atoms with Crippen molar-refractivity contribution in [3.05, 3.63) is 64.5 Å². The van der Waals surface area contributed by atoms with Crippen molar-refractivity contribution in [2.75, 3.05) is 19.6 Å². The first-order chi connectivity index (χ1) is 19.4. The molecule has 1 fully saturated rings. The number of aromatic carboxylic acids is 2. The number of nitrogens with one attached hydrogen (secondary N) is 2. The van der Waals surface area contributed by atoms with Gasteiger partial charge in [0.15, 0.2) is 0 Å². The fraction of sp³-hybridized carbons (Fsp3) is 0.280. The summed E-state index contributed by atoms with van der Waals surface area (Å²) in [5, 5.41) is 33.8. The first-order valence-electron chi connectivity index (χ1n) is 12.4. The fourth-order valence-electron chi connectivity index (χ4n) is 4.54. The van der Waals surface area contributed by atoms with E-state index in [9.17, 15) is 43.3 Å². The Morgan fingerprint density at radius 1 is 1.07 bits per heavy atom. The second kappa shape index (κ2) is 11.6. The molecular weight excluding hydrogens is 546 g/mol. The third-order valence-corrected chi connectivity index (χ3v) is 6.70. The topological polar surface area (TPSA) is 203 Å². The molecule has 5 N–H and O–H groups in total. The highest BCUT2D eigenvalue weighted by Gasteiger charge is 2.41. The molecule has 214 valence electrons. The number of carbonyl (C=O) groups is 6. The molecule has 2 aliphatic heterocycles. The number of piperazine rings is 1. The van der Waals surface area contributed by atoms with Gasteiger partial charge in [-0.05, 0) is 42.7 Å². The molecule has 2 aromatic carbocycles. The molecule has 0 spiro atoms. The van der Waals surface area contributed by atoms with Crippen LogP contribution in [0.1, 0.15) is 44.8 Å². The number of urea groups is 1. The summed E-state index contributed by atoms with van der Waals surface area (Å²) in [6, 6.07) is 4.10. The number of nitrogens with zero attached hydrogens (tertiary/aromatic N) is 2. The number of rotatable bonds is 7. The average molecular weight is 570 g/mol. The standard InChI is InChI=1S/C25H24BFN4O10/c1-2-30-8-9-31(22(34)21(30)33)25(39)29-18(12-6-7-14(23(35)36)16(27)10-12)20(32)28-17-11-13-4-3-5-15(24(37)38)19(13)41-26(17)40/h3-7,10,17-18,40H,2,8-9,11H2,1H3,(H,28,32)(H,29,39)(H,35,36)(H,37,38)/t17-,18+/m0/s1. The third-order valence-electron chi connectivity index (χ3n) is 6.70. The molecule has 4 rings (SSSR count). The van der Waals surface area contributed by atoms with Gasteiger partial charge in [-0.1, -0.05) is 18.2 Å². The van der Waals surface area contributed by atoms with Gasteiger partial charge in [0, 0.05) is 19.6 Å². The van der Waals surface area contributed by atoms with E-state index in [2.05, 4.69) is 10.6 Å². The highest BCUT2D eigenvalue weighted by atomic mass is 19.1. The molecule has 2 aliphatic rings. The van der Waals surface area contributed by atoms with Gasteiger partial charge in [-0.2, -0.15) is 0 Å². The molecule has 5 amide bonds.